The summed E-state index contributed by atoms with van der Waals surface area (Å²) < 4.78 is 31.6. The zero-order valence-corrected chi connectivity index (χ0v) is 19.4. The molecular weight excluding hydrogens is 400 g/mol. The quantitative estimate of drug-likeness (QED) is 0.647. The molecule has 0 aliphatic rings. The average Bonchev–Trinajstić information content (AvgIpc) is 2.65. The number of carbonyl (C=O) groups is 1. The molecule has 0 bridgehead atoms. The van der Waals surface area contributed by atoms with Crippen LogP contribution in [0.4, 0.5) is 5.69 Å². The minimum atomic E-state index is -3.66. The predicted octanol–water partition coefficient (Wildman–Crippen LogP) is 4.12. The van der Waals surface area contributed by atoms with Crippen molar-refractivity contribution < 1.29 is 17.9 Å². The molecule has 1 amide bonds. The smallest absolute Gasteiger partial charge is 0.241 e. The summed E-state index contributed by atoms with van der Waals surface area (Å²) in [6, 6.07) is 12.7. The Morgan fingerprint density at radius 3 is 2.37 bits per heavy atom. The molecule has 30 heavy (non-hydrogen) atoms. The number of nitrogens with zero attached hydrogens (tertiary/aromatic N) is 1. The Hall–Kier alpha value is -2.54. The fourth-order valence-electron chi connectivity index (χ4n) is 3.16. The van der Waals surface area contributed by atoms with Crippen molar-refractivity contribution in [1.82, 2.24) is 5.32 Å². The molecule has 0 aliphatic carbocycles. The second kappa shape index (κ2) is 9.98. The summed E-state index contributed by atoms with van der Waals surface area (Å²) in [5.41, 5.74) is 3.74. The molecule has 0 aromatic heterocycles. The molecule has 1 N–H and O–H groups in total. The third-order valence-corrected chi connectivity index (χ3v) is 5.98. The molecule has 7 heteroatoms. The Balaban J connectivity index is 2.22. The highest BCUT2D eigenvalue weighted by Crippen LogP contribution is 2.24. The molecule has 0 spiro atoms. The summed E-state index contributed by atoms with van der Waals surface area (Å²) in [5.74, 6) is 0.193. The lowest BCUT2D eigenvalue weighted by Gasteiger charge is -2.25. The van der Waals surface area contributed by atoms with E-state index in [0.717, 1.165) is 21.7 Å². The van der Waals surface area contributed by atoms with Gasteiger partial charge in [0.2, 0.25) is 15.9 Å². The van der Waals surface area contributed by atoms with Crippen molar-refractivity contribution in [2.75, 3.05) is 17.1 Å². The molecule has 2 aromatic rings. The first kappa shape index (κ1) is 23.7. The van der Waals surface area contributed by atoms with Gasteiger partial charge in [-0.25, -0.2) is 8.42 Å². The standard InChI is InChI=1S/C23H32N2O4S/c1-7-22(19-12-11-17(4)18(5)13-19)24-23(26)15-25(30(6,27)28)20-9-8-10-21(14-20)29-16(2)3/h8-14,16,22H,7,15H2,1-6H3,(H,24,26)/t22-/m0/s1. The van der Waals surface area contributed by atoms with Crippen molar-refractivity contribution in [3.05, 3.63) is 59.2 Å². The Bertz CT molecular complexity index is 986. The van der Waals surface area contributed by atoms with Gasteiger partial charge in [-0.1, -0.05) is 31.2 Å². The molecule has 164 valence electrons. The molecule has 1 atom stereocenters. The molecular formula is C23H32N2O4S. The SMILES string of the molecule is CC[C@H](NC(=O)CN(c1cccc(OC(C)C)c1)S(C)(=O)=O)c1ccc(C)c(C)c1. The van der Waals surface area contributed by atoms with E-state index in [2.05, 4.69) is 11.4 Å². The maximum Gasteiger partial charge on any atom is 0.241 e. The average molecular weight is 433 g/mol. The number of anilines is 1. The highest BCUT2D eigenvalue weighted by Gasteiger charge is 2.23. The minimum Gasteiger partial charge on any atom is -0.491 e. The third-order valence-electron chi connectivity index (χ3n) is 4.84. The maximum absolute atomic E-state index is 12.8. The fourth-order valence-corrected chi connectivity index (χ4v) is 4.01. The number of aryl methyl sites for hydroxylation is 2. The number of ether oxygens (including phenoxy) is 1. The van der Waals surface area contributed by atoms with Crippen molar-refractivity contribution in [1.29, 1.82) is 0 Å². The monoisotopic (exact) mass is 432 g/mol. The van der Waals surface area contributed by atoms with Crippen molar-refractivity contribution in [2.45, 2.75) is 53.2 Å². The number of sulfonamides is 1. The molecule has 0 unspecified atom stereocenters. The summed E-state index contributed by atoms with van der Waals surface area (Å²) in [6.07, 6.45) is 1.75. The van der Waals surface area contributed by atoms with Crippen LogP contribution in [0.1, 0.15) is 49.9 Å². The van der Waals surface area contributed by atoms with E-state index in [4.69, 9.17) is 4.74 Å². The van der Waals surface area contributed by atoms with E-state index in [0.29, 0.717) is 17.9 Å². The van der Waals surface area contributed by atoms with Gasteiger partial charge in [-0.15, -0.1) is 0 Å². The summed E-state index contributed by atoms with van der Waals surface area (Å²) in [4.78, 5) is 12.8. The van der Waals surface area contributed by atoms with Gasteiger partial charge in [-0.05, 0) is 62.9 Å². The van der Waals surface area contributed by atoms with Crippen molar-refractivity contribution in [3.8, 4) is 5.75 Å². The molecule has 2 aromatic carbocycles. The first-order valence-corrected chi connectivity index (χ1v) is 12.0. The van der Waals surface area contributed by atoms with Crippen LogP contribution < -0.4 is 14.4 Å². The van der Waals surface area contributed by atoms with Gasteiger partial charge in [0.1, 0.15) is 12.3 Å². The maximum atomic E-state index is 12.8. The van der Waals surface area contributed by atoms with Crippen LogP contribution in [0.2, 0.25) is 0 Å². The van der Waals surface area contributed by atoms with E-state index in [-0.39, 0.29) is 24.6 Å². The number of rotatable bonds is 9. The van der Waals surface area contributed by atoms with Gasteiger partial charge in [0.05, 0.1) is 24.1 Å². The second-order valence-corrected chi connectivity index (χ2v) is 9.71. The van der Waals surface area contributed by atoms with Gasteiger partial charge in [0.25, 0.3) is 0 Å². The van der Waals surface area contributed by atoms with E-state index in [1.807, 2.05) is 46.8 Å². The van der Waals surface area contributed by atoms with Gasteiger partial charge in [0, 0.05) is 6.07 Å². The third kappa shape index (κ3) is 6.49. The molecule has 0 saturated carbocycles. The zero-order chi connectivity index (χ0) is 22.5. The first-order chi connectivity index (χ1) is 14.0. The lowest BCUT2D eigenvalue weighted by atomic mass is 9.99. The lowest BCUT2D eigenvalue weighted by Crippen LogP contribution is -2.41. The molecule has 6 nitrogen and oxygen atoms in total. The lowest BCUT2D eigenvalue weighted by molar-refractivity contribution is -0.120. The van der Waals surface area contributed by atoms with Crippen LogP contribution in [-0.2, 0) is 14.8 Å². The van der Waals surface area contributed by atoms with Crippen LogP contribution in [0.15, 0.2) is 42.5 Å². The van der Waals surface area contributed by atoms with E-state index < -0.39 is 10.0 Å². The summed E-state index contributed by atoms with van der Waals surface area (Å²) in [7, 11) is -3.66. The zero-order valence-electron chi connectivity index (χ0n) is 18.6. The number of benzene rings is 2. The van der Waals surface area contributed by atoms with Crippen LogP contribution in [0.3, 0.4) is 0 Å². The van der Waals surface area contributed by atoms with Crippen LogP contribution >= 0.6 is 0 Å². The van der Waals surface area contributed by atoms with Crippen LogP contribution in [0.25, 0.3) is 0 Å². The highest BCUT2D eigenvalue weighted by molar-refractivity contribution is 7.92. The minimum absolute atomic E-state index is 0.0430. The Kier molecular flexibility index (Phi) is 7.89. The van der Waals surface area contributed by atoms with E-state index in [1.165, 1.54) is 5.56 Å². The topological polar surface area (TPSA) is 75.7 Å². The van der Waals surface area contributed by atoms with Gasteiger partial charge in [0.15, 0.2) is 0 Å². The van der Waals surface area contributed by atoms with E-state index in [9.17, 15) is 13.2 Å². The Morgan fingerprint density at radius 1 is 1.10 bits per heavy atom. The largest absolute Gasteiger partial charge is 0.491 e. The number of amides is 1. The Morgan fingerprint density at radius 2 is 1.80 bits per heavy atom. The summed E-state index contributed by atoms with van der Waals surface area (Å²) in [6.45, 7) is 9.55. The number of hydrogen-bond donors (Lipinski definition) is 1. The molecule has 2 rings (SSSR count). The molecule has 0 radical (unpaired) electrons. The number of nitrogens with one attached hydrogen (secondary N) is 1. The predicted molar refractivity (Wildman–Crippen MR) is 121 cm³/mol. The van der Waals surface area contributed by atoms with Crippen molar-refractivity contribution in [2.24, 2.45) is 0 Å². The van der Waals surface area contributed by atoms with Crippen molar-refractivity contribution in [3.63, 3.8) is 0 Å². The second-order valence-electron chi connectivity index (χ2n) is 7.81. The van der Waals surface area contributed by atoms with Crippen LogP contribution in [0.5, 0.6) is 5.75 Å². The molecule has 0 fully saturated rings. The molecule has 0 saturated heterocycles. The van der Waals surface area contributed by atoms with Crippen LogP contribution in [-0.4, -0.2) is 33.2 Å². The molecule has 0 heterocycles. The van der Waals surface area contributed by atoms with E-state index in [1.54, 1.807) is 24.3 Å². The van der Waals surface area contributed by atoms with Gasteiger partial charge < -0.3 is 10.1 Å². The van der Waals surface area contributed by atoms with Gasteiger partial charge in [-0.2, -0.15) is 0 Å². The normalized spacial score (nSPS) is 12.5. The Labute approximate surface area is 180 Å². The van der Waals surface area contributed by atoms with Gasteiger partial charge >= 0.3 is 0 Å². The molecule has 0 aliphatic heterocycles. The fraction of sp³-hybridized carbons (Fsp3) is 0.435. The van der Waals surface area contributed by atoms with Gasteiger partial charge in [-0.3, -0.25) is 9.10 Å². The van der Waals surface area contributed by atoms with Crippen molar-refractivity contribution >= 4 is 21.6 Å². The highest BCUT2D eigenvalue weighted by atomic mass is 32.2. The summed E-state index contributed by atoms with van der Waals surface area (Å²) >= 11 is 0. The first-order valence-electron chi connectivity index (χ1n) is 10.1. The number of carbonyl (C=O) groups excluding carboxylic acids is 1. The van der Waals surface area contributed by atoms with E-state index >= 15 is 0 Å². The summed E-state index contributed by atoms with van der Waals surface area (Å²) in [5, 5.41) is 2.97. The number of hydrogen-bond acceptors (Lipinski definition) is 4. The van der Waals surface area contributed by atoms with Crippen LogP contribution in [0, 0.1) is 13.8 Å².